The van der Waals surface area contributed by atoms with E-state index in [4.69, 9.17) is 13.6 Å². The highest BCUT2D eigenvalue weighted by atomic mass is 16.5. The normalized spacial score (nSPS) is 13.4. The standard InChI is InChI=1S/C18H21NO5/c1-3-22-18(21)15-9-8-12(24-15)10-19-17(20)16-11(2)23-14-7-5-4-6-13(14)16/h8-9H,3-7,10H2,1-2H3,(H,19,20). The molecule has 0 spiro atoms. The molecule has 0 aliphatic heterocycles. The molecule has 1 aliphatic carbocycles. The fourth-order valence-corrected chi connectivity index (χ4v) is 3.04. The molecule has 1 aliphatic rings. The Balaban J connectivity index is 1.66. The van der Waals surface area contributed by atoms with Gasteiger partial charge in [-0.2, -0.15) is 0 Å². The molecule has 1 N–H and O–H groups in total. The minimum absolute atomic E-state index is 0.137. The Kier molecular flexibility index (Phi) is 4.74. The molecule has 0 saturated heterocycles. The van der Waals surface area contributed by atoms with Gasteiger partial charge >= 0.3 is 5.97 Å². The summed E-state index contributed by atoms with van der Waals surface area (Å²) < 4.78 is 16.0. The van der Waals surface area contributed by atoms with Crippen molar-refractivity contribution in [3.05, 3.63) is 46.3 Å². The molecule has 1 amide bonds. The van der Waals surface area contributed by atoms with E-state index < -0.39 is 5.97 Å². The second kappa shape index (κ2) is 6.95. The van der Waals surface area contributed by atoms with Gasteiger partial charge in [-0.15, -0.1) is 0 Å². The molecule has 0 radical (unpaired) electrons. The van der Waals surface area contributed by atoms with E-state index in [1.54, 1.807) is 19.1 Å². The number of hydrogen-bond acceptors (Lipinski definition) is 5. The third-order valence-electron chi connectivity index (χ3n) is 4.14. The van der Waals surface area contributed by atoms with Gasteiger partial charge in [-0.3, -0.25) is 4.79 Å². The second-order valence-electron chi connectivity index (χ2n) is 5.81. The van der Waals surface area contributed by atoms with Crippen LogP contribution >= 0.6 is 0 Å². The number of aryl methyl sites for hydroxylation is 2. The largest absolute Gasteiger partial charge is 0.465 e. The molecule has 0 bridgehead atoms. The molecule has 6 nitrogen and oxygen atoms in total. The Morgan fingerprint density at radius 2 is 2.00 bits per heavy atom. The highest BCUT2D eigenvalue weighted by Crippen LogP contribution is 2.29. The number of furan rings is 2. The van der Waals surface area contributed by atoms with Crippen LogP contribution in [0, 0.1) is 6.92 Å². The third-order valence-corrected chi connectivity index (χ3v) is 4.14. The van der Waals surface area contributed by atoms with Gasteiger partial charge in [0.25, 0.3) is 5.91 Å². The zero-order valence-electron chi connectivity index (χ0n) is 13.9. The lowest BCUT2D eigenvalue weighted by atomic mass is 9.94. The Morgan fingerprint density at radius 1 is 1.21 bits per heavy atom. The van der Waals surface area contributed by atoms with Crippen molar-refractivity contribution in [1.82, 2.24) is 5.32 Å². The summed E-state index contributed by atoms with van der Waals surface area (Å²) in [6.07, 6.45) is 3.95. The lowest BCUT2D eigenvalue weighted by molar-refractivity contribution is 0.0488. The molecule has 0 fully saturated rings. The van der Waals surface area contributed by atoms with E-state index in [1.807, 2.05) is 6.92 Å². The van der Waals surface area contributed by atoms with Crippen molar-refractivity contribution in [1.29, 1.82) is 0 Å². The summed E-state index contributed by atoms with van der Waals surface area (Å²) in [5, 5.41) is 2.83. The van der Waals surface area contributed by atoms with Gasteiger partial charge in [0.2, 0.25) is 5.76 Å². The molecule has 2 aromatic heterocycles. The van der Waals surface area contributed by atoms with Crippen LogP contribution in [0.25, 0.3) is 0 Å². The molecule has 128 valence electrons. The number of rotatable bonds is 5. The van der Waals surface area contributed by atoms with Gasteiger partial charge in [0.1, 0.15) is 17.3 Å². The average Bonchev–Trinajstić information content (AvgIpc) is 3.16. The van der Waals surface area contributed by atoms with E-state index in [-0.39, 0.29) is 24.8 Å². The first-order chi connectivity index (χ1) is 11.6. The van der Waals surface area contributed by atoms with Crippen molar-refractivity contribution in [2.24, 2.45) is 0 Å². The molecule has 0 aromatic carbocycles. The zero-order chi connectivity index (χ0) is 17.1. The second-order valence-corrected chi connectivity index (χ2v) is 5.81. The molecule has 2 aromatic rings. The lowest BCUT2D eigenvalue weighted by Crippen LogP contribution is -2.24. The van der Waals surface area contributed by atoms with Crippen molar-refractivity contribution < 1.29 is 23.2 Å². The molecule has 6 heteroatoms. The summed E-state index contributed by atoms with van der Waals surface area (Å²) in [7, 11) is 0. The van der Waals surface area contributed by atoms with Gasteiger partial charge in [-0.05, 0) is 45.2 Å². The maximum atomic E-state index is 12.5. The van der Waals surface area contributed by atoms with Gasteiger partial charge in [0.05, 0.1) is 18.7 Å². The number of esters is 1. The third kappa shape index (κ3) is 3.22. The molecule has 24 heavy (non-hydrogen) atoms. The number of amides is 1. The van der Waals surface area contributed by atoms with Crippen LogP contribution < -0.4 is 5.32 Å². The van der Waals surface area contributed by atoms with Crippen LogP contribution in [0.4, 0.5) is 0 Å². The topological polar surface area (TPSA) is 81.7 Å². The first-order valence-electron chi connectivity index (χ1n) is 8.25. The van der Waals surface area contributed by atoms with Crippen LogP contribution in [0.2, 0.25) is 0 Å². The molecule has 0 unspecified atom stereocenters. The first-order valence-corrected chi connectivity index (χ1v) is 8.25. The van der Waals surface area contributed by atoms with Crippen LogP contribution in [0.3, 0.4) is 0 Å². The monoisotopic (exact) mass is 331 g/mol. The number of nitrogens with one attached hydrogen (secondary N) is 1. The quantitative estimate of drug-likeness (QED) is 0.851. The molecular formula is C18H21NO5. The van der Waals surface area contributed by atoms with Crippen molar-refractivity contribution in [2.75, 3.05) is 6.61 Å². The number of carbonyl (C=O) groups excluding carboxylic acids is 2. The van der Waals surface area contributed by atoms with E-state index in [0.29, 0.717) is 17.1 Å². The number of fused-ring (bicyclic) bond motifs is 1. The van der Waals surface area contributed by atoms with Gasteiger partial charge < -0.3 is 18.9 Å². The molecular weight excluding hydrogens is 310 g/mol. The number of hydrogen-bond donors (Lipinski definition) is 1. The van der Waals surface area contributed by atoms with Crippen LogP contribution in [0.5, 0.6) is 0 Å². The number of ether oxygens (including phenoxy) is 1. The Labute approximate surface area is 140 Å². The number of carbonyl (C=O) groups is 2. The predicted octanol–water partition coefficient (Wildman–Crippen LogP) is 3.17. The maximum Gasteiger partial charge on any atom is 0.374 e. The molecule has 3 rings (SSSR count). The van der Waals surface area contributed by atoms with Crippen molar-refractivity contribution in [3.8, 4) is 0 Å². The van der Waals surface area contributed by atoms with Gasteiger partial charge in [0, 0.05) is 12.0 Å². The van der Waals surface area contributed by atoms with E-state index in [2.05, 4.69) is 5.32 Å². The van der Waals surface area contributed by atoms with Gasteiger partial charge in [0.15, 0.2) is 0 Å². The summed E-state index contributed by atoms with van der Waals surface area (Å²) >= 11 is 0. The Morgan fingerprint density at radius 3 is 2.79 bits per heavy atom. The highest BCUT2D eigenvalue weighted by Gasteiger charge is 2.25. The van der Waals surface area contributed by atoms with E-state index >= 15 is 0 Å². The van der Waals surface area contributed by atoms with E-state index in [9.17, 15) is 9.59 Å². The van der Waals surface area contributed by atoms with Gasteiger partial charge in [-0.25, -0.2) is 4.79 Å². The highest BCUT2D eigenvalue weighted by molar-refractivity contribution is 5.97. The fraction of sp³-hybridized carbons (Fsp3) is 0.444. The summed E-state index contributed by atoms with van der Waals surface area (Å²) in [6, 6.07) is 3.20. The SMILES string of the molecule is CCOC(=O)c1ccc(CNC(=O)c2c(C)oc3c2CCCC3)o1. The summed E-state index contributed by atoms with van der Waals surface area (Å²) in [4.78, 5) is 24.1. The van der Waals surface area contributed by atoms with Crippen molar-refractivity contribution in [2.45, 2.75) is 46.1 Å². The van der Waals surface area contributed by atoms with E-state index in [1.165, 1.54) is 0 Å². The smallest absolute Gasteiger partial charge is 0.374 e. The van der Waals surface area contributed by atoms with E-state index in [0.717, 1.165) is 37.0 Å². The summed E-state index contributed by atoms with van der Waals surface area (Å²) in [5.41, 5.74) is 1.67. The fourth-order valence-electron chi connectivity index (χ4n) is 3.04. The average molecular weight is 331 g/mol. The Hall–Kier alpha value is -2.50. The summed E-state index contributed by atoms with van der Waals surface area (Å²) in [5.74, 6) is 1.56. The first kappa shape index (κ1) is 16.4. The lowest BCUT2D eigenvalue weighted by Gasteiger charge is -2.10. The van der Waals surface area contributed by atoms with Crippen molar-refractivity contribution in [3.63, 3.8) is 0 Å². The van der Waals surface area contributed by atoms with Crippen LogP contribution in [-0.4, -0.2) is 18.5 Å². The molecule has 0 atom stereocenters. The Bertz CT molecular complexity index is 756. The van der Waals surface area contributed by atoms with Gasteiger partial charge in [-0.1, -0.05) is 0 Å². The summed E-state index contributed by atoms with van der Waals surface area (Å²) in [6.45, 7) is 4.04. The van der Waals surface area contributed by atoms with Crippen molar-refractivity contribution >= 4 is 11.9 Å². The van der Waals surface area contributed by atoms with Crippen LogP contribution in [-0.2, 0) is 24.1 Å². The minimum Gasteiger partial charge on any atom is -0.465 e. The van der Waals surface area contributed by atoms with Crippen LogP contribution in [0.15, 0.2) is 21.0 Å². The molecule has 0 saturated carbocycles. The predicted molar refractivity (Wildman–Crippen MR) is 85.9 cm³/mol. The molecule has 2 heterocycles. The minimum atomic E-state index is -0.505. The zero-order valence-corrected chi connectivity index (χ0v) is 13.9. The van der Waals surface area contributed by atoms with Crippen LogP contribution in [0.1, 0.15) is 63.5 Å². The maximum absolute atomic E-state index is 12.5.